The molecular weight excluding hydrogens is 430 g/mol. The first kappa shape index (κ1) is 21.5. The number of anilines is 1. The van der Waals surface area contributed by atoms with Gasteiger partial charge in [0.25, 0.3) is 5.91 Å². The number of fused-ring (bicyclic) bond motifs is 2. The molecule has 0 spiro atoms. The zero-order chi connectivity index (χ0) is 23.8. The van der Waals surface area contributed by atoms with Gasteiger partial charge in [0.1, 0.15) is 5.69 Å². The lowest BCUT2D eigenvalue weighted by molar-refractivity contribution is -0.116. The number of aryl methyl sites for hydroxylation is 1. The summed E-state index contributed by atoms with van der Waals surface area (Å²) >= 11 is 0. The maximum atomic E-state index is 12.7. The summed E-state index contributed by atoms with van der Waals surface area (Å²) in [6.07, 6.45) is 3.06. The Balaban J connectivity index is 1.77. The fourth-order valence-corrected chi connectivity index (χ4v) is 4.29. The number of hydrogen-bond donors (Lipinski definition) is 2. The van der Waals surface area contributed by atoms with Crippen molar-refractivity contribution in [2.75, 3.05) is 12.4 Å². The van der Waals surface area contributed by atoms with Crippen molar-refractivity contribution < 1.29 is 14.4 Å². The molecule has 0 atom stereocenters. The van der Waals surface area contributed by atoms with Gasteiger partial charge in [-0.15, -0.1) is 0 Å². The summed E-state index contributed by atoms with van der Waals surface area (Å²) in [7, 11) is 1.58. The molecule has 0 saturated heterocycles. The second kappa shape index (κ2) is 8.55. The number of ketones is 1. The number of pyridine rings is 1. The summed E-state index contributed by atoms with van der Waals surface area (Å²) < 4.78 is 1.95. The third kappa shape index (κ3) is 3.63. The highest BCUT2D eigenvalue weighted by Crippen LogP contribution is 2.33. The topological polar surface area (TPSA) is 106 Å². The fourth-order valence-electron chi connectivity index (χ4n) is 4.29. The van der Waals surface area contributed by atoms with E-state index in [1.165, 1.54) is 0 Å². The second-order valence-electron chi connectivity index (χ2n) is 8.12. The molecule has 0 unspecified atom stereocenters. The lowest BCUT2D eigenvalue weighted by atomic mass is 10.0. The maximum absolute atomic E-state index is 12.7. The molecule has 5 rings (SSSR count). The molecule has 170 valence electrons. The number of Topliss-reactive ketones (excluding diaryl/α,β-unsaturated/α-hetero) is 1. The molecule has 0 radical (unpaired) electrons. The number of carbonyl (C=O) groups is 3. The number of rotatable bonds is 5. The van der Waals surface area contributed by atoms with Gasteiger partial charge in [0.2, 0.25) is 5.91 Å². The van der Waals surface area contributed by atoms with Gasteiger partial charge in [-0.25, -0.2) is 4.98 Å². The van der Waals surface area contributed by atoms with Crippen LogP contribution in [-0.4, -0.2) is 39.2 Å². The van der Waals surface area contributed by atoms with Crippen LogP contribution >= 0.6 is 0 Å². The lowest BCUT2D eigenvalue weighted by Crippen LogP contribution is -2.19. The smallest absolute Gasteiger partial charge is 0.251 e. The quantitative estimate of drug-likeness (QED) is 0.446. The summed E-state index contributed by atoms with van der Waals surface area (Å²) in [5.74, 6) is 0.288. The van der Waals surface area contributed by atoms with Crippen molar-refractivity contribution in [3.05, 3.63) is 71.4 Å². The van der Waals surface area contributed by atoms with E-state index in [4.69, 9.17) is 4.98 Å². The third-order valence-corrected chi connectivity index (χ3v) is 6.03. The van der Waals surface area contributed by atoms with Gasteiger partial charge in [0.15, 0.2) is 11.6 Å². The first-order valence-corrected chi connectivity index (χ1v) is 11.2. The van der Waals surface area contributed by atoms with Crippen LogP contribution in [0.3, 0.4) is 0 Å². The number of carbonyl (C=O) groups excluding carboxylic acids is 3. The monoisotopic (exact) mass is 453 g/mol. The standard InChI is InChI=1S/C26H23N5O3/c1-3-22(32)18-5-4-12-28-24(18)25-30-20-14-16(26(34)27-2)6-10-21(20)31(25)17-8-9-19-15(13-17)7-11-23(33)29-19/h4-6,8-10,12-14H,3,7,11H2,1-2H3,(H,27,34)(H,29,33). The molecule has 3 heterocycles. The van der Waals surface area contributed by atoms with Crippen molar-refractivity contribution in [1.29, 1.82) is 0 Å². The Morgan fingerprint density at radius 3 is 2.76 bits per heavy atom. The normalized spacial score (nSPS) is 12.8. The molecular formula is C26H23N5O3. The van der Waals surface area contributed by atoms with E-state index in [-0.39, 0.29) is 17.6 Å². The Morgan fingerprint density at radius 2 is 1.97 bits per heavy atom. The third-order valence-electron chi connectivity index (χ3n) is 6.03. The molecule has 2 N–H and O–H groups in total. The highest BCUT2D eigenvalue weighted by Gasteiger charge is 2.23. The lowest BCUT2D eigenvalue weighted by Gasteiger charge is -2.19. The molecule has 0 aliphatic carbocycles. The molecule has 1 aliphatic heterocycles. The molecule has 2 amide bonds. The van der Waals surface area contributed by atoms with Gasteiger partial charge in [-0.05, 0) is 60.5 Å². The van der Waals surface area contributed by atoms with Gasteiger partial charge in [-0.3, -0.25) is 23.9 Å². The van der Waals surface area contributed by atoms with Crippen molar-refractivity contribution in [2.45, 2.75) is 26.2 Å². The Labute approximate surface area is 196 Å². The van der Waals surface area contributed by atoms with Crippen molar-refractivity contribution in [1.82, 2.24) is 19.9 Å². The molecule has 0 fully saturated rings. The minimum atomic E-state index is -0.206. The van der Waals surface area contributed by atoms with E-state index in [9.17, 15) is 14.4 Å². The Bertz CT molecular complexity index is 1470. The summed E-state index contributed by atoms with van der Waals surface area (Å²) in [4.78, 5) is 46.1. The van der Waals surface area contributed by atoms with Crippen molar-refractivity contribution in [3.8, 4) is 17.2 Å². The van der Waals surface area contributed by atoms with E-state index in [1.54, 1.807) is 37.5 Å². The zero-order valence-electron chi connectivity index (χ0n) is 18.9. The van der Waals surface area contributed by atoms with Crippen molar-refractivity contribution >= 4 is 34.3 Å². The van der Waals surface area contributed by atoms with E-state index < -0.39 is 0 Å². The number of nitrogens with zero attached hydrogens (tertiary/aromatic N) is 3. The molecule has 2 aromatic carbocycles. The molecule has 2 aromatic heterocycles. The van der Waals surface area contributed by atoms with Crippen LogP contribution in [0, 0.1) is 0 Å². The first-order valence-electron chi connectivity index (χ1n) is 11.2. The fraction of sp³-hybridized carbons (Fsp3) is 0.192. The Kier molecular flexibility index (Phi) is 5.41. The number of hydrogen-bond acceptors (Lipinski definition) is 5. The van der Waals surface area contributed by atoms with Gasteiger partial charge < -0.3 is 10.6 Å². The van der Waals surface area contributed by atoms with Crippen LogP contribution in [0.5, 0.6) is 0 Å². The summed E-state index contributed by atoms with van der Waals surface area (Å²) in [6.45, 7) is 1.81. The van der Waals surface area contributed by atoms with Gasteiger partial charge in [-0.1, -0.05) is 6.92 Å². The predicted molar refractivity (Wildman–Crippen MR) is 129 cm³/mol. The van der Waals surface area contributed by atoms with Gasteiger partial charge >= 0.3 is 0 Å². The number of nitrogens with one attached hydrogen (secondary N) is 2. The van der Waals surface area contributed by atoms with Gasteiger partial charge in [-0.2, -0.15) is 0 Å². The Morgan fingerprint density at radius 1 is 1.12 bits per heavy atom. The second-order valence-corrected chi connectivity index (χ2v) is 8.12. The van der Waals surface area contributed by atoms with Crippen LogP contribution in [0.4, 0.5) is 5.69 Å². The van der Waals surface area contributed by atoms with Crippen LogP contribution < -0.4 is 10.6 Å². The molecule has 34 heavy (non-hydrogen) atoms. The number of benzene rings is 2. The minimum Gasteiger partial charge on any atom is -0.355 e. The van der Waals surface area contributed by atoms with E-state index in [0.717, 1.165) is 22.5 Å². The van der Waals surface area contributed by atoms with E-state index in [2.05, 4.69) is 15.6 Å². The molecule has 1 aliphatic rings. The molecule has 8 nitrogen and oxygen atoms in total. The van der Waals surface area contributed by atoms with Crippen LogP contribution in [0.2, 0.25) is 0 Å². The average Bonchev–Trinajstić information content (AvgIpc) is 3.26. The predicted octanol–water partition coefficient (Wildman–Crippen LogP) is 3.92. The number of aromatic nitrogens is 3. The van der Waals surface area contributed by atoms with Gasteiger partial charge in [0, 0.05) is 48.6 Å². The maximum Gasteiger partial charge on any atom is 0.251 e. The van der Waals surface area contributed by atoms with E-state index in [1.807, 2.05) is 35.8 Å². The van der Waals surface area contributed by atoms with Crippen LogP contribution in [0.15, 0.2) is 54.7 Å². The first-order chi connectivity index (χ1) is 16.5. The highest BCUT2D eigenvalue weighted by molar-refractivity contribution is 6.02. The number of amides is 2. The largest absolute Gasteiger partial charge is 0.355 e. The number of imidazole rings is 1. The minimum absolute atomic E-state index is 0.00644. The zero-order valence-corrected chi connectivity index (χ0v) is 18.9. The van der Waals surface area contributed by atoms with Crippen molar-refractivity contribution in [2.24, 2.45) is 0 Å². The summed E-state index contributed by atoms with van der Waals surface area (Å²) in [6, 6.07) is 14.6. The molecule has 8 heteroatoms. The van der Waals surface area contributed by atoms with E-state index in [0.29, 0.717) is 47.4 Å². The SMILES string of the molecule is CCC(=O)c1cccnc1-c1nc2cc(C(=O)NC)ccc2n1-c1ccc2c(c1)CCC(=O)N2. The van der Waals surface area contributed by atoms with Crippen LogP contribution in [0.1, 0.15) is 46.0 Å². The molecule has 0 bridgehead atoms. The Hall–Kier alpha value is -4.33. The average molecular weight is 454 g/mol. The van der Waals surface area contributed by atoms with Crippen molar-refractivity contribution in [3.63, 3.8) is 0 Å². The summed E-state index contributed by atoms with van der Waals surface area (Å²) in [5, 5.41) is 5.54. The molecule has 0 saturated carbocycles. The van der Waals surface area contributed by atoms with Crippen LogP contribution in [-0.2, 0) is 11.2 Å². The van der Waals surface area contributed by atoms with Gasteiger partial charge in [0.05, 0.1) is 11.0 Å². The van der Waals surface area contributed by atoms with Crippen LogP contribution in [0.25, 0.3) is 28.2 Å². The highest BCUT2D eigenvalue weighted by atomic mass is 16.2. The summed E-state index contributed by atoms with van der Waals surface area (Å²) in [5.41, 5.74) is 5.53. The molecule has 4 aromatic rings. The van der Waals surface area contributed by atoms with E-state index >= 15 is 0 Å².